The van der Waals surface area contributed by atoms with Crippen LogP contribution >= 0.6 is 0 Å². The molecule has 1 aliphatic rings. The Morgan fingerprint density at radius 3 is 2.76 bits per heavy atom. The van der Waals surface area contributed by atoms with Gasteiger partial charge in [0.05, 0.1) is 0 Å². The smallest absolute Gasteiger partial charge is 0.407 e. The van der Waals surface area contributed by atoms with Crippen LogP contribution < -0.4 is 10.8 Å². The van der Waals surface area contributed by atoms with Crippen molar-refractivity contribution in [3.63, 3.8) is 0 Å². The van der Waals surface area contributed by atoms with E-state index in [1.165, 1.54) is 0 Å². The Morgan fingerprint density at radius 1 is 1.44 bits per heavy atom. The molecule has 0 bridgehead atoms. The number of ether oxygens (including phenoxy) is 1. The molecule has 1 aromatic heterocycles. The summed E-state index contributed by atoms with van der Waals surface area (Å²) in [6.45, 7) is 9.22. The average Bonchev–Trinajstić information content (AvgIpc) is 2.52. The minimum Gasteiger partial charge on any atom is -0.444 e. The highest BCUT2D eigenvalue weighted by molar-refractivity contribution is 5.84. The Bertz CT molecular complexity index is 715. The first-order valence-corrected chi connectivity index (χ1v) is 8.67. The molecule has 1 aromatic rings. The van der Waals surface area contributed by atoms with Crippen LogP contribution in [0.2, 0.25) is 0 Å². The number of alkyl carbamates (subject to hydrolysis) is 1. The summed E-state index contributed by atoms with van der Waals surface area (Å²) < 4.78 is 6.91. The molecule has 0 unspecified atom stereocenters. The van der Waals surface area contributed by atoms with Crippen molar-refractivity contribution in [2.24, 2.45) is 5.92 Å². The molecule has 1 saturated carbocycles. The maximum atomic E-state index is 12.0. The van der Waals surface area contributed by atoms with Gasteiger partial charge < -0.3 is 10.1 Å². The number of aromatic nitrogens is 1. The summed E-state index contributed by atoms with van der Waals surface area (Å²) in [7, 11) is 0. The van der Waals surface area contributed by atoms with Gasteiger partial charge in [0.15, 0.2) is 0 Å². The van der Waals surface area contributed by atoms with Gasteiger partial charge in [-0.25, -0.2) is 4.79 Å². The van der Waals surface area contributed by atoms with Crippen LogP contribution in [0.25, 0.3) is 6.08 Å². The predicted octanol–water partition coefficient (Wildman–Crippen LogP) is 3.52. The van der Waals surface area contributed by atoms with Gasteiger partial charge in [-0.3, -0.25) is 15.4 Å². The quantitative estimate of drug-likeness (QED) is 0.578. The van der Waals surface area contributed by atoms with Crippen LogP contribution in [-0.4, -0.2) is 28.1 Å². The molecule has 25 heavy (non-hydrogen) atoms. The highest BCUT2D eigenvalue weighted by Gasteiger charge is 2.28. The third-order valence-corrected chi connectivity index (χ3v) is 4.26. The maximum absolute atomic E-state index is 12.0. The van der Waals surface area contributed by atoms with Gasteiger partial charge in [-0.15, -0.1) is 0 Å². The second-order valence-corrected chi connectivity index (χ2v) is 7.51. The molecule has 0 spiro atoms. The van der Waals surface area contributed by atoms with E-state index in [1.807, 2.05) is 26.8 Å². The van der Waals surface area contributed by atoms with E-state index in [4.69, 9.17) is 15.6 Å². The summed E-state index contributed by atoms with van der Waals surface area (Å²) in [5.74, 6) is 0.411. The first kappa shape index (κ1) is 19.0. The molecule has 3 N–H and O–H groups in total. The third kappa shape index (κ3) is 5.31. The lowest BCUT2D eigenvalue weighted by atomic mass is 9.84. The largest absolute Gasteiger partial charge is 0.444 e. The van der Waals surface area contributed by atoms with Crippen LogP contribution in [0.1, 0.15) is 52.0 Å². The molecule has 1 fully saturated rings. The fourth-order valence-electron chi connectivity index (χ4n) is 3.09. The molecular formula is C19H28N4O2. The Balaban J connectivity index is 2.03. The van der Waals surface area contributed by atoms with Crippen LogP contribution in [-0.2, 0) is 4.74 Å². The zero-order valence-corrected chi connectivity index (χ0v) is 15.3. The van der Waals surface area contributed by atoms with Gasteiger partial charge in [0, 0.05) is 18.2 Å². The molecule has 1 aliphatic carbocycles. The molecule has 1 amide bonds. The molecule has 2 atom stereocenters. The Labute approximate surface area is 148 Å². The van der Waals surface area contributed by atoms with E-state index >= 15 is 0 Å². The fraction of sp³-hybridized carbons (Fsp3) is 0.526. The van der Waals surface area contributed by atoms with Crippen LogP contribution in [0.4, 0.5) is 4.79 Å². The molecule has 6 heteroatoms. The van der Waals surface area contributed by atoms with E-state index in [1.54, 1.807) is 22.9 Å². The minimum absolute atomic E-state index is 0.00354. The second-order valence-electron chi connectivity index (χ2n) is 7.51. The molecule has 0 radical (unpaired) electrons. The van der Waals surface area contributed by atoms with Crippen LogP contribution in [0.3, 0.4) is 0 Å². The van der Waals surface area contributed by atoms with Crippen LogP contribution in [0.5, 0.6) is 0 Å². The van der Waals surface area contributed by atoms with Crippen molar-refractivity contribution in [2.75, 3.05) is 0 Å². The van der Waals surface area contributed by atoms with E-state index in [0.29, 0.717) is 12.3 Å². The molecular weight excluding hydrogens is 316 g/mol. The van der Waals surface area contributed by atoms with E-state index < -0.39 is 11.7 Å². The third-order valence-electron chi connectivity index (χ3n) is 4.26. The number of pyridine rings is 1. The van der Waals surface area contributed by atoms with E-state index in [0.717, 1.165) is 24.8 Å². The summed E-state index contributed by atoms with van der Waals surface area (Å²) in [4.78, 5) is 12.0. The SMILES string of the molecule is C=Cc1ccn(C(=N)[C@H]2CCC[C@@H](NC(=O)OC(C)(C)C)C2)c(=N)c1. The van der Waals surface area contributed by atoms with Gasteiger partial charge in [0.2, 0.25) is 0 Å². The van der Waals surface area contributed by atoms with E-state index in [-0.39, 0.29) is 17.4 Å². The number of hydrogen-bond donors (Lipinski definition) is 3. The normalized spacial score (nSPS) is 20.6. The number of amides is 1. The Morgan fingerprint density at radius 2 is 2.16 bits per heavy atom. The summed E-state index contributed by atoms with van der Waals surface area (Å²) in [5, 5.41) is 19.5. The second kappa shape index (κ2) is 7.68. The highest BCUT2D eigenvalue weighted by atomic mass is 16.6. The zero-order chi connectivity index (χ0) is 18.6. The lowest BCUT2D eigenvalue weighted by Crippen LogP contribution is -2.43. The Hall–Kier alpha value is -2.37. The highest BCUT2D eigenvalue weighted by Crippen LogP contribution is 2.26. The lowest BCUT2D eigenvalue weighted by molar-refractivity contribution is 0.0489. The van der Waals surface area contributed by atoms with Crippen molar-refractivity contribution in [2.45, 2.75) is 58.1 Å². The van der Waals surface area contributed by atoms with Crippen molar-refractivity contribution in [3.05, 3.63) is 36.0 Å². The molecule has 136 valence electrons. The zero-order valence-electron chi connectivity index (χ0n) is 15.3. The number of carbonyl (C=O) groups is 1. The van der Waals surface area contributed by atoms with Crippen molar-refractivity contribution in [1.82, 2.24) is 9.88 Å². The molecule has 6 nitrogen and oxygen atoms in total. The summed E-state index contributed by atoms with van der Waals surface area (Å²) in [6.07, 6.45) is 6.42. The maximum Gasteiger partial charge on any atom is 0.407 e. The van der Waals surface area contributed by atoms with Gasteiger partial charge in [0.25, 0.3) is 0 Å². The molecule has 0 aliphatic heterocycles. The van der Waals surface area contributed by atoms with Gasteiger partial charge in [-0.05, 0) is 57.7 Å². The first-order chi connectivity index (χ1) is 11.7. The molecule has 0 aromatic carbocycles. The van der Waals surface area contributed by atoms with Crippen molar-refractivity contribution >= 4 is 18.0 Å². The van der Waals surface area contributed by atoms with E-state index in [9.17, 15) is 4.79 Å². The predicted molar refractivity (Wildman–Crippen MR) is 98.6 cm³/mol. The van der Waals surface area contributed by atoms with Gasteiger partial charge in [-0.2, -0.15) is 0 Å². The number of nitrogens with one attached hydrogen (secondary N) is 3. The van der Waals surface area contributed by atoms with Crippen LogP contribution in [0.15, 0.2) is 24.9 Å². The number of hydrogen-bond acceptors (Lipinski definition) is 4. The average molecular weight is 344 g/mol. The van der Waals surface area contributed by atoms with Crippen molar-refractivity contribution in [3.8, 4) is 0 Å². The summed E-state index contributed by atoms with van der Waals surface area (Å²) in [5.41, 5.74) is 0.611. The first-order valence-electron chi connectivity index (χ1n) is 8.67. The van der Waals surface area contributed by atoms with Gasteiger partial charge in [-0.1, -0.05) is 19.1 Å². The number of carbonyl (C=O) groups excluding carboxylic acids is 1. The number of nitrogens with zero attached hydrogens (tertiary/aromatic N) is 1. The fourth-order valence-corrected chi connectivity index (χ4v) is 3.09. The monoisotopic (exact) mass is 344 g/mol. The van der Waals surface area contributed by atoms with Crippen molar-refractivity contribution < 1.29 is 9.53 Å². The number of rotatable bonds is 3. The lowest BCUT2D eigenvalue weighted by Gasteiger charge is -2.31. The minimum atomic E-state index is -0.520. The van der Waals surface area contributed by atoms with E-state index in [2.05, 4.69) is 11.9 Å². The van der Waals surface area contributed by atoms with Crippen LogP contribution in [0, 0.1) is 16.7 Å². The standard InChI is InChI=1S/C19H28N4O2/c1-5-13-9-10-23(16(20)11-13)17(21)14-7-6-8-15(12-14)22-18(24)25-19(2,3)4/h5,9-11,14-15,20-21H,1,6-8,12H2,2-4H3,(H,22,24)/t14-,15+/m0/s1. The topological polar surface area (TPSA) is 91.0 Å². The Kier molecular flexibility index (Phi) is 5.82. The molecule has 1 heterocycles. The molecule has 0 saturated heterocycles. The van der Waals surface area contributed by atoms with Gasteiger partial charge >= 0.3 is 6.09 Å². The van der Waals surface area contributed by atoms with Gasteiger partial charge in [0.1, 0.15) is 16.9 Å². The summed E-state index contributed by atoms with van der Waals surface area (Å²) >= 11 is 0. The molecule has 2 rings (SSSR count). The van der Waals surface area contributed by atoms with Crippen molar-refractivity contribution in [1.29, 1.82) is 10.8 Å². The summed E-state index contributed by atoms with van der Waals surface area (Å²) in [6, 6.07) is 3.54.